The first-order chi connectivity index (χ1) is 17.5. The van der Waals surface area contributed by atoms with Crippen molar-refractivity contribution in [2.75, 3.05) is 51.8 Å². The number of hydrogen-bond donors (Lipinski definition) is 1. The van der Waals surface area contributed by atoms with Gasteiger partial charge in [-0.1, -0.05) is 31.5 Å². The van der Waals surface area contributed by atoms with Crippen molar-refractivity contribution < 1.29 is 19.1 Å². The van der Waals surface area contributed by atoms with Gasteiger partial charge in [-0.2, -0.15) is 5.10 Å². The van der Waals surface area contributed by atoms with Gasteiger partial charge < -0.3 is 19.7 Å². The fraction of sp³-hybridized carbons (Fsp3) is 0.464. The Morgan fingerprint density at radius 1 is 1.14 bits per heavy atom. The molecule has 8 heteroatoms. The van der Waals surface area contributed by atoms with Crippen LogP contribution in [0.3, 0.4) is 0 Å². The molecule has 0 saturated carbocycles. The zero-order valence-electron chi connectivity index (χ0n) is 21.2. The smallest absolute Gasteiger partial charge is 0.306 e. The SMILES string of the molecule is CCCCOC(=O)CC1COc2cc(NC(=O)c3ccc(C=NN4CCN(C)CC4)cc3)ccc2C1. The summed E-state index contributed by atoms with van der Waals surface area (Å²) in [6, 6.07) is 13.1. The molecule has 1 amide bonds. The maximum absolute atomic E-state index is 12.8. The standard InChI is InChI=1S/C28H36N4O4/c1-3-4-15-35-27(33)17-22-16-24-9-10-25(18-26(24)36-20-22)30-28(34)23-7-5-21(6-8-23)19-29-32-13-11-31(2)12-14-32/h5-10,18-19,22H,3-4,11-17,20H2,1-2H3,(H,30,34). The van der Waals surface area contributed by atoms with Gasteiger partial charge in [-0.15, -0.1) is 0 Å². The summed E-state index contributed by atoms with van der Waals surface area (Å²) in [5, 5.41) is 9.57. The lowest BCUT2D eigenvalue weighted by Crippen LogP contribution is -2.41. The number of rotatable bonds is 9. The summed E-state index contributed by atoms with van der Waals surface area (Å²) in [6.07, 6.45) is 4.84. The zero-order valence-corrected chi connectivity index (χ0v) is 21.2. The van der Waals surface area contributed by atoms with E-state index >= 15 is 0 Å². The number of esters is 1. The number of benzene rings is 2. The van der Waals surface area contributed by atoms with Gasteiger partial charge in [0.05, 0.1) is 25.8 Å². The van der Waals surface area contributed by atoms with Gasteiger partial charge in [0.2, 0.25) is 0 Å². The number of anilines is 1. The summed E-state index contributed by atoms with van der Waals surface area (Å²) >= 11 is 0. The number of ether oxygens (including phenoxy) is 2. The van der Waals surface area contributed by atoms with E-state index in [0.717, 1.165) is 62.3 Å². The fourth-order valence-electron chi connectivity index (χ4n) is 4.25. The lowest BCUT2D eigenvalue weighted by atomic mass is 9.94. The quantitative estimate of drug-likeness (QED) is 0.326. The maximum Gasteiger partial charge on any atom is 0.306 e. The minimum atomic E-state index is -0.180. The van der Waals surface area contributed by atoms with Gasteiger partial charge >= 0.3 is 5.97 Å². The number of hydrazone groups is 1. The zero-order chi connectivity index (χ0) is 25.3. The summed E-state index contributed by atoms with van der Waals surface area (Å²) in [5.74, 6) is 0.506. The molecule has 1 saturated heterocycles. The highest BCUT2D eigenvalue weighted by atomic mass is 16.5. The molecule has 0 aliphatic carbocycles. The largest absolute Gasteiger partial charge is 0.493 e. The molecular formula is C28H36N4O4. The summed E-state index contributed by atoms with van der Waals surface area (Å²) in [4.78, 5) is 27.1. The highest BCUT2D eigenvalue weighted by molar-refractivity contribution is 6.04. The lowest BCUT2D eigenvalue weighted by molar-refractivity contribution is -0.145. The average molecular weight is 493 g/mol. The number of fused-ring (bicyclic) bond motifs is 1. The van der Waals surface area contributed by atoms with E-state index in [0.29, 0.717) is 30.9 Å². The molecule has 36 heavy (non-hydrogen) atoms. The Kier molecular flexibility index (Phi) is 8.95. The van der Waals surface area contributed by atoms with E-state index in [1.165, 1.54) is 0 Å². The van der Waals surface area contributed by atoms with Crippen molar-refractivity contribution >= 4 is 23.8 Å². The highest BCUT2D eigenvalue weighted by Gasteiger charge is 2.23. The number of hydrogen-bond acceptors (Lipinski definition) is 7. The third-order valence-corrected chi connectivity index (χ3v) is 6.55. The van der Waals surface area contributed by atoms with Crippen molar-refractivity contribution in [1.29, 1.82) is 0 Å². The molecule has 2 aliphatic heterocycles. The van der Waals surface area contributed by atoms with E-state index in [4.69, 9.17) is 9.47 Å². The molecule has 0 bridgehead atoms. The summed E-state index contributed by atoms with van der Waals surface area (Å²) in [6.45, 7) is 6.88. The van der Waals surface area contributed by atoms with Gasteiger partial charge in [0.15, 0.2) is 0 Å². The first kappa shape index (κ1) is 25.7. The molecule has 2 aliphatic rings. The summed E-state index contributed by atoms with van der Waals surface area (Å²) in [5.41, 5.74) is 3.25. The number of nitrogens with one attached hydrogen (secondary N) is 1. The van der Waals surface area contributed by atoms with Gasteiger partial charge in [-0.3, -0.25) is 14.6 Å². The van der Waals surface area contributed by atoms with Crippen molar-refractivity contribution in [2.24, 2.45) is 11.0 Å². The molecule has 0 radical (unpaired) electrons. The molecule has 1 unspecified atom stereocenters. The van der Waals surface area contributed by atoms with Crippen LogP contribution in [0.1, 0.15) is 47.7 Å². The van der Waals surface area contributed by atoms with Crippen LogP contribution in [0.15, 0.2) is 47.6 Å². The first-order valence-corrected chi connectivity index (χ1v) is 12.8. The molecule has 0 spiro atoms. The topological polar surface area (TPSA) is 83.5 Å². The van der Waals surface area contributed by atoms with E-state index in [1.54, 1.807) is 12.1 Å². The molecule has 2 heterocycles. The number of piperazine rings is 1. The number of carbonyl (C=O) groups is 2. The van der Waals surface area contributed by atoms with Gasteiger partial charge in [0.1, 0.15) is 5.75 Å². The monoisotopic (exact) mass is 492 g/mol. The Bertz CT molecular complexity index is 1060. The number of likely N-dealkylation sites (N-methyl/N-ethyl adjacent to an activating group) is 1. The van der Waals surface area contributed by atoms with E-state index in [1.807, 2.05) is 36.5 Å². The van der Waals surface area contributed by atoms with Crippen molar-refractivity contribution in [3.8, 4) is 5.75 Å². The van der Waals surface area contributed by atoms with Gasteiger partial charge in [-0.05, 0) is 49.2 Å². The van der Waals surface area contributed by atoms with E-state index in [9.17, 15) is 9.59 Å². The van der Waals surface area contributed by atoms with Crippen molar-refractivity contribution in [3.05, 3.63) is 59.2 Å². The van der Waals surface area contributed by atoms with Crippen molar-refractivity contribution in [3.63, 3.8) is 0 Å². The van der Waals surface area contributed by atoms with Crippen LogP contribution in [0.25, 0.3) is 0 Å². The maximum atomic E-state index is 12.8. The predicted molar refractivity (Wildman–Crippen MR) is 141 cm³/mol. The fourth-order valence-corrected chi connectivity index (χ4v) is 4.25. The van der Waals surface area contributed by atoms with Crippen molar-refractivity contribution in [2.45, 2.75) is 32.6 Å². The van der Waals surface area contributed by atoms with Crippen molar-refractivity contribution in [1.82, 2.24) is 9.91 Å². The van der Waals surface area contributed by atoms with E-state index in [-0.39, 0.29) is 17.8 Å². The minimum Gasteiger partial charge on any atom is -0.493 e. The molecular weight excluding hydrogens is 456 g/mol. The molecule has 1 atom stereocenters. The molecule has 2 aromatic carbocycles. The Morgan fingerprint density at radius 3 is 2.67 bits per heavy atom. The number of nitrogens with zero attached hydrogens (tertiary/aromatic N) is 3. The van der Waals surface area contributed by atoms with Crippen LogP contribution in [-0.2, 0) is 16.0 Å². The molecule has 0 aromatic heterocycles. The second kappa shape index (κ2) is 12.5. The minimum absolute atomic E-state index is 0.102. The second-order valence-electron chi connectivity index (χ2n) is 9.56. The third-order valence-electron chi connectivity index (χ3n) is 6.55. The molecule has 1 fully saturated rings. The highest BCUT2D eigenvalue weighted by Crippen LogP contribution is 2.31. The first-order valence-electron chi connectivity index (χ1n) is 12.8. The van der Waals surface area contributed by atoms with Crippen LogP contribution in [0.2, 0.25) is 0 Å². The van der Waals surface area contributed by atoms with E-state index < -0.39 is 0 Å². The molecule has 4 rings (SSSR count). The Hall–Kier alpha value is -3.39. The molecule has 192 valence electrons. The predicted octanol–water partition coefficient (Wildman–Crippen LogP) is 3.80. The van der Waals surface area contributed by atoms with Crippen LogP contribution in [0, 0.1) is 5.92 Å². The lowest BCUT2D eigenvalue weighted by Gasteiger charge is -2.30. The van der Waals surface area contributed by atoms with Gasteiger partial charge in [0.25, 0.3) is 5.91 Å². The Balaban J connectivity index is 1.28. The van der Waals surface area contributed by atoms with Crippen LogP contribution >= 0.6 is 0 Å². The average Bonchev–Trinajstić information content (AvgIpc) is 2.89. The van der Waals surface area contributed by atoms with Crippen LogP contribution in [0.4, 0.5) is 5.69 Å². The Labute approximate surface area is 213 Å². The Morgan fingerprint density at radius 2 is 1.92 bits per heavy atom. The summed E-state index contributed by atoms with van der Waals surface area (Å²) in [7, 11) is 2.12. The number of carbonyl (C=O) groups excluding carboxylic acids is 2. The van der Waals surface area contributed by atoms with E-state index in [2.05, 4.69) is 34.3 Å². The summed E-state index contributed by atoms with van der Waals surface area (Å²) < 4.78 is 11.2. The van der Waals surface area contributed by atoms with Crippen LogP contribution in [-0.4, -0.2) is 74.4 Å². The number of unbranched alkanes of at least 4 members (excludes halogenated alkanes) is 1. The van der Waals surface area contributed by atoms with Crippen LogP contribution < -0.4 is 10.1 Å². The van der Waals surface area contributed by atoms with Crippen LogP contribution in [0.5, 0.6) is 5.75 Å². The second-order valence-corrected chi connectivity index (χ2v) is 9.56. The van der Waals surface area contributed by atoms with Gasteiger partial charge in [0, 0.05) is 49.4 Å². The third kappa shape index (κ3) is 7.31. The molecule has 2 aromatic rings. The normalized spacial score (nSPS) is 17.9. The molecule has 1 N–H and O–H groups in total. The number of amides is 1. The molecule has 8 nitrogen and oxygen atoms in total. The van der Waals surface area contributed by atoms with Gasteiger partial charge in [-0.25, -0.2) is 0 Å².